The molecule has 0 aliphatic carbocycles. The molecule has 0 saturated carbocycles. The number of hydrogen-bond donors (Lipinski definition) is 1. The molecule has 102 valence electrons. The quantitative estimate of drug-likeness (QED) is 0.771. The summed E-state index contributed by atoms with van der Waals surface area (Å²) < 4.78 is 13.7. The van der Waals surface area contributed by atoms with E-state index >= 15 is 0 Å². The average Bonchev–Trinajstić information content (AvgIpc) is 2.35. The lowest BCUT2D eigenvalue weighted by Gasteiger charge is -2.28. The number of benzene rings is 1. The summed E-state index contributed by atoms with van der Waals surface area (Å²) in [7, 11) is 0. The van der Waals surface area contributed by atoms with Gasteiger partial charge < -0.3 is 5.32 Å². The first-order valence-corrected chi connectivity index (χ1v) is 7.03. The molecule has 0 spiro atoms. The highest BCUT2D eigenvalue weighted by Crippen LogP contribution is 2.19. The predicted octanol–water partition coefficient (Wildman–Crippen LogP) is 4.03. The predicted molar refractivity (Wildman–Crippen MR) is 76.2 cm³/mol. The molecule has 0 aromatic heterocycles. The summed E-state index contributed by atoms with van der Waals surface area (Å²) in [5.74, 6) is 1.05. The minimum Gasteiger partial charge on any atom is -0.313 e. The molecule has 18 heavy (non-hydrogen) atoms. The minimum atomic E-state index is -0.0863. The van der Waals surface area contributed by atoms with Crippen molar-refractivity contribution in [3.63, 3.8) is 0 Å². The van der Waals surface area contributed by atoms with E-state index in [1.165, 1.54) is 0 Å². The van der Waals surface area contributed by atoms with Crippen LogP contribution in [0.4, 0.5) is 4.39 Å². The van der Waals surface area contributed by atoms with Crippen molar-refractivity contribution >= 4 is 0 Å². The van der Waals surface area contributed by atoms with Gasteiger partial charge >= 0.3 is 0 Å². The first-order chi connectivity index (χ1) is 8.56. The van der Waals surface area contributed by atoms with E-state index in [1.807, 2.05) is 12.1 Å². The maximum absolute atomic E-state index is 13.7. The number of hydrogen-bond acceptors (Lipinski definition) is 1. The van der Waals surface area contributed by atoms with Crippen molar-refractivity contribution in [3.05, 3.63) is 35.6 Å². The monoisotopic (exact) mass is 251 g/mol. The van der Waals surface area contributed by atoms with Crippen molar-refractivity contribution in [2.75, 3.05) is 6.54 Å². The molecule has 0 saturated heterocycles. The maximum Gasteiger partial charge on any atom is 0.126 e. The molecule has 1 nitrogen and oxygen atoms in total. The number of nitrogens with one attached hydrogen (secondary N) is 1. The molecule has 0 heterocycles. The molecule has 1 N–H and O–H groups in total. The lowest BCUT2D eigenvalue weighted by atomic mass is 9.86. The molecule has 1 aromatic carbocycles. The first kappa shape index (κ1) is 15.2. The Balaban J connectivity index is 2.74. The third-order valence-corrected chi connectivity index (χ3v) is 3.74. The molecule has 1 aromatic rings. The standard InChI is InChI=1S/C16H26FN/c1-5-10-18-16(13(4)12(2)3)11-14-8-6-7-9-15(14)17/h6-9,12-13,16,18H,5,10-11H2,1-4H3. The van der Waals surface area contributed by atoms with Gasteiger partial charge in [-0.25, -0.2) is 4.39 Å². The fraction of sp³-hybridized carbons (Fsp3) is 0.625. The highest BCUT2D eigenvalue weighted by atomic mass is 19.1. The molecular weight excluding hydrogens is 225 g/mol. The Morgan fingerprint density at radius 2 is 1.83 bits per heavy atom. The van der Waals surface area contributed by atoms with Gasteiger partial charge in [0.25, 0.3) is 0 Å². The van der Waals surface area contributed by atoms with Crippen LogP contribution >= 0.6 is 0 Å². The molecule has 0 aliphatic heterocycles. The Morgan fingerprint density at radius 1 is 1.17 bits per heavy atom. The van der Waals surface area contributed by atoms with Crippen LogP contribution in [0.1, 0.15) is 39.7 Å². The lowest BCUT2D eigenvalue weighted by molar-refractivity contribution is 0.295. The summed E-state index contributed by atoms with van der Waals surface area (Å²) in [6, 6.07) is 7.45. The van der Waals surface area contributed by atoms with Crippen molar-refractivity contribution in [2.24, 2.45) is 11.8 Å². The summed E-state index contributed by atoms with van der Waals surface area (Å²) in [5.41, 5.74) is 0.818. The third kappa shape index (κ3) is 4.41. The van der Waals surface area contributed by atoms with Gasteiger partial charge in [-0.15, -0.1) is 0 Å². The zero-order chi connectivity index (χ0) is 13.5. The van der Waals surface area contributed by atoms with Crippen molar-refractivity contribution in [2.45, 2.75) is 46.6 Å². The number of halogens is 1. The van der Waals surface area contributed by atoms with Gasteiger partial charge in [-0.3, -0.25) is 0 Å². The van der Waals surface area contributed by atoms with E-state index in [2.05, 4.69) is 33.0 Å². The summed E-state index contributed by atoms with van der Waals surface area (Å²) in [5, 5.41) is 3.56. The van der Waals surface area contributed by atoms with Gasteiger partial charge in [0.2, 0.25) is 0 Å². The van der Waals surface area contributed by atoms with Crippen LogP contribution in [-0.4, -0.2) is 12.6 Å². The van der Waals surface area contributed by atoms with E-state index in [0.717, 1.165) is 24.9 Å². The summed E-state index contributed by atoms with van der Waals surface area (Å²) in [6.45, 7) is 9.86. The van der Waals surface area contributed by atoms with Crippen LogP contribution in [0.25, 0.3) is 0 Å². The smallest absolute Gasteiger partial charge is 0.126 e. The fourth-order valence-electron chi connectivity index (χ4n) is 2.14. The van der Waals surface area contributed by atoms with Crippen LogP contribution in [0.5, 0.6) is 0 Å². The van der Waals surface area contributed by atoms with Gasteiger partial charge in [0.05, 0.1) is 0 Å². The van der Waals surface area contributed by atoms with Crippen LogP contribution in [0.15, 0.2) is 24.3 Å². The average molecular weight is 251 g/mol. The topological polar surface area (TPSA) is 12.0 Å². The zero-order valence-electron chi connectivity index (χ0n) is 12.0. The van der Waals surface area contributed by atoms with E-state index < -0.39 is 0 Å². The molecule has 0 radical (unpaired) electrons. The van der Waals surface area contributed by atoms with E-state index in [1.54, 1.807) is 12.1 Å². The van der Waals surface area contributed by atoms with Gasteiger partial charge in [-0.1, -0.05) is 45.9 Å². The Bertz CT molecular complexity index is 349. The molecule has 1 rings (SSSR count). The van der Waals surface area contributed by atoms with Gasteiger partial charge in [-0.2, -0.15) is 0 Å². The lowest BCUT2D eigenvalue weighted by Crippen LogP contribution is -2.39. The first-order valence-electron chi connectivity index (χ1n) is 7.03. The molecule has 0 fully saturated rings. The third-order valence-electron chi connectivity index (χ3n) is 3.74. The van der Waals surface area contributed by atoms with E-state index in [0.29, 0.717) is 17.9 Å². The van der Waals surface area contributed by atoms with Crippen molar-refractivity contribution in [1.82, 2.24) is 5.32 Å². The van der Waals surface area contributed by atoms with Gasteiger partial charge in [0.15, 0.2) is 0 Å². The second-order valence-electron chi connectivity index (χ2n) is 5.46. The summed E-state index contributed by atoms with van der Waals surface area (Å²) >= 11 is 0. The summed E-state index contributed by atoms with van der Waals surface area (Å²) in [4.78, 5) is 0. The Morgan fingerprint density at radius 3 is 2.39 bits per heavy atom. The second kappa shape index (κ2) is 7.52. The zero-order valence-corrected chi connectivity index (χ0v) is 12.0. The van der Waals surface area contributed by atoms with Crippen LogP contribution in [0, 0.1) is 17.7 Å². The second-order valence-corrected chi connectivity index (χ2v) is 5.46. The normalized spacial score (nSPS) is 14.8. The minimum absolute atomic E-state index is 0.0863. The fourth-order valence-corrected chi connectivity index (χ4v) is 2.14. The highest BCUT2D eigenvalue weighted by molar-refractivity contribution is 5.18. The molecule has 2 heteroatoms. The van der Waals surface area contributed by atoms with Gasteiger partial charge in [0.1, 0.15) is 5.82 Å². The van der Waals surface area contributed by atoms with Crippen molar-refractivity contribution < 1.29 is 4.39 Å². The van der Waals surface area contributed by atoms with Gasteiger partial charge in [0, 0.05) is 6.04 Å². The molecule has 0 amide bonds. The SMILES string of the molecule is CCCNC(Cc1ccccc1F)C(C)C(C)C. The maximum atomic E-state index is 13.7. The van der Waals surface area contributed by atoms with Crippen LogP contribution in [-0.2, 0) is 6.42 Å². The van der Waals surface area contributed by atoms with E-state index in [-0.39, 0.29) is 5.82 Å². The van der Waals surface area contributed by atoms with Gasteiger partial charge in [-0.05, 0) is 42.9 Å². The Hall–Kier alpha value is -0.890. The van der Waals surface area contributed by atoms with Crippen molar-refractivity contribution in [3.8, 4) is 0 Å². The van der Waals surface area contributed by atoms with Crippen molar-refractivity contribution in [1.29, 1.82) is 0 Å². The Kier molecular flexibility index (Phi) is 6.34. The molecule has 0 bridgehead atoms. The van der Waals surface area contributed by atoms with Crippen LogP contribution in [0.2, 0.25) is 0 Å². The Labute approximate surface area is 111 Å². The highest BCUT2D eigenvalue weighted by Gasteiger charge is 2.20. The summed E-state index contributed by atoms with van der Waals surface area (Å²) in [6.07, 6.45) is 1.88. The number of rotatable bonds is 7. The molecule has 2 atom stereocenters. The largest absolute Gasteiger partial charge is 0.313 e. The molecule has 0 aliphatic rings. The molecule has 2 unspecified atom stereocenters. The van der Waals surface area contributed by atoms with Crippen LogP contribution < -0.4 is 5.32 Å². The van der Waals surface area contributed by atoms with E-state index in [4.69, 9.17) is 0 Å². The van der Waals surface area contributed by atoms with E-state index in [9.17, 15) is 4.39 Å². The molecular formula is C16H26FN. The van der Waals surface area contributed by atoms with Crippen LogP contribution in [0.3, 0.4) is 0 Å².